The summed E-state index contributed by atoms with van der Waals surface area (Å²) in [6, 6.07) is 14.4. The minimum Gasteiger partial charge on any atom is -0.406 e. The molecular weight excluding hydrogens is 459 g/mol. The molecule has 2 fully saturated rings. The average molecular weight is 484 g/mol. The van der Waals surface area contributed by atoms with E-state index in [1.54, 1.807) is 4.90 Å². The summed E-state index contributed by atoms with van der Waals surface area (Å²) in [5.74, 6) is -0.476. The number of halogens is 3. The summed E-state index contributed by atoms with van der Waals surface area (Å²) in [5, 5.41) is 0. The van der Waals surface area contributed by atoms with Crippen molar-refractivity contribution < 1.29 is 31.1 Å². The lowest BCUT2D eigenvalue weighted by Crippen LogP contribution is -2.49. The van der Waals surface area contributed by atoms with E-state index in [1.807, 2.05) is 30.3 Å². The number of alkyl halides is 3. The third-order valence-corrected chi connectivity index (χ3v) is 7.77. The van der Waals surface area contributed by atoms with Crippen molar-refractivity contribution in [1.29, 1.82) is 0 Å². The first-order valence-electron chi connectivity index (χ1n) is 10.5. The summed E-state index contributed by atoms with van der Waals surface area (Å²) in [5.41, 5.74) is 0.681. The highest BCUT2D eigenvalue weighted by atomic mass is 32.2. The second kappa shape index (κ2) is 8.96. The van der Waals surface area contributed by atoms with Gasteiger partial charge in [0.25, 0.3) is 10.2 Å². The Bertz CT molecular complexity index is 1080. The summed E-state index contributed by atoms with van der Waals surface area (Å²) >= 11 is 0. The van der Waals surface area contributed by atoms with Gasteiger partial charge in [-0.2, -0.15) is 17.4 Å². The lowest BCUT2D eigenvalue weighted by Gasteiger charge is -2.37. The van der Waals surface area contributed by atoms with Crippen LogP contribution < -0.4 is 14.4 Å². The lowest BCUT2D eigenvalue weighted by molar-refractivity contribution is -0.274. The summed E-state index contributed by atoms with van der Waals surface area (Å²) < 4.78 is 70.3. The Labute approximate surface area is 190 Å². The van der Waals surface area contributed by atoms with Crippen LogP contribution in [-0.4, -0.2) is 44.6 Å². The van der Waals surface area contributed by atoms with E-state index < -0.39 is 22.0 Å². The number of rotatable bonds is 6. The van der Waals surface area contributed by atoms with Crippen LogP contribution in [0.15, 0.2) is 54.6 Å². The van der Waals surface area contributed by atoms with Gasteiger partial charge < -0.3 is 9.64 Å². The second-order valence-corrected chi connectivity index (χ2v) is 9.99. The molecule has 2 aromatic carbocycles. The molecule has 0 saturated carbocycles. The Morgan fingerprint density at radius 1 is 0.939 bits per heavy atom. The van der Waals surface area contributed by atoms with Gasteiger partial charge in [0.2, 0.25) is 5.91 Å². The van der Waals surface area contributed by atoms with Crippen LogP contribution in [0.5, 0.6) is 5.75 Å². The number of nitrogens with zero attached hydrogens (tertiary/aromatic N) is 2. The first kappa shape index (κ1) is 23.5. The Morgan fingerprint density at radius 3 is 2.15 bits per heavy atom. The normalized spacial score (nSPS) is 19.2. The van der Waals surface area contributed by atoms with E-state index in [4.69, 9.17) is 0 Å². The largest absolute Gasteiger partial charge is 0.573 e. The van der Waals surface area contributed by atoms with Crippen molar-refractivity contribution in [2.75, 3.05) is 24.5 Å². The number of hydrogen-bond acceptors (Lipinski definition) is 4. The fraction of sp³-hybridized carbons (Fsp3) is 0.409. The molecular formula is C22H24F3N3O4S. The number of amides is 1. The van der Waals surface area contributed by atoms with E-state index in [0.717, 1.165) is 5.56 Å². The molecule has 1 amide bonds. The number of nitrogens with one attached hydrogen (secondary N) is 1. The first-order chi connectivity index (χ1) is 15.6. The van der Waals surface area contributed by atoms with E-state index in [0.29, 0.717) is 31.5 Å². The molecule has 1 N–H and O–H groups in total. The summed E-state index contributed by atoms with van der Waals surface area (Å²) in [6.07, 6.45) is -3.43. The summed E-state index contributed by atoms with van der Waals surface area (Å²) in [4.78, 5) is 14.7. The fourth-order valence-corrected chi connectivity index (χ4v) is 5.57. The van der Waals surface area contributed by atoms with Crippen molar-refractivity contribution in [3.05, 3.63) is 60.2 Å². The fourth-order valence-electron chi connectivity index (χ4n) is 4.37. The zero-order valence-electron chi connectivity index (χ0n) is 17.7. The second-order valence-electron chi connectivity index (χ2n) is 8.24. The van der Waals surface area contributed by atoms with Crippen molar-refractivity contribution in [3.63, 3.8) is 0 Å². The summed E-state index contributed by atoms with van der Waals surface area (Å²) in [7, 11) is -3.68. The molecule has 2 aliphatic heterocycles. The zero-order valence-corrected chi connectivity index (χ0v) is 18.5. The molecule has 1 spiro atoms. The molecule has 0 radical (unpaired) electrons. The maximum absolute atomic E-state index is 13.2. The van der Waals surface area contributed by atoms with Gasteiger partial charge in [-0.05, 0) is 49.1 Å². The Kier molecular flexibility index (Phi) is 6.39. The highest BCUT2D eigenvalue weighted by Crippen LogP contribution is 2.43. The smallest absolute Gasteiger partial charge is 0.406 e. The van der Waals surface area contributed by atoms with Gasteiger partial charge in [-0.3, -0.25) is 4.79 Å². The number of anilines is 1. The maximum atomic E-state index is 13.2. The number of ether oxygens (including phenoxy) is 1. The molecule has 178 valence electrons. The van der Waals surface area contributed by atoms with E-state index in [2.05, 4.69) is 9.46 Å². The number of carbonyl (C=O) groups is 1. The van der Waals surface area contributed by atoms with Crippen LogP contribution in [0.3, 0.4) is 0 Å². The number of carbonyl (C=O) groups excluding carboxylic acids is 1. The monoisotopic (exact) mass is 483 g/mol. The van der Waals surface area contributed by atoms with Gasteiger partial charge in [0.15, 0.2) is 0 Å². The van der Waals surface area contributed by atoms with Gasteiger partial charge in [0.1, 0.15) is 5.75 Å². The van der Waals surface area contributed by atoms with Crippen molar-refractivity contribution in [3.8, 4) is 5.75 Å². The third kappa shape index (κ3) is 5.31. The highest BCUT2D eigenvalue weighted by Gasteiger charge is 2.49. The van der Waals surface area contributed by atoms with E-state index in [9.17, 15) is 26.4 Å². The van der Waals surface area contributed by atoms with Crippen LogP contribution in [0, 0.1) is 5.41 Å². The van der Waals surface area contributed by atoms with Gasteiger partial charge in [-0.1, -0.05) is 30.3 Å². The van der Waals surface area contributed by atoms with Gasteiger partial charge in [0.05, 0.1) is 5.41 Å². The van der Waals surface area contributed by atoms with E-state index in [1.165, 1.54) is 28.6 Å². The quantitative estimate of drug-likeness (QED) is 0.683. The van der Waals surface area contributed by atoms with Crippen molar-refractivity contribution in [1.82, 2.24) is 9.03 Å². The molecule has 11 heteroatoms. The van der Waals surface area contributed by atoms with E-state index >= 15 is 0 Å². The SMILES string of the molecule is O=C1N(c2ccc(OC(F)(F)F)cc2)CCC12CCN(S(=O)(=O)NCc1ccccc1)CC2. The molecule has 0 bridgehead atoms. The summed E-state index contributed by atoms with van der Waals surface area (Å²) in [6.45, 7) is 1.06. The van der Waals surface area contributed by atoms with Gasteiger partial charge in [-0.25, -0.2) is 0 Å². The van der Waals surface area contributed by atoms with Crippen LogP contribution in [0.4, 0.5) is 18.9 Å². The van der Waals surface area contributed by atoms with Crippen LogP contribution in [0.25, 0.3) is 0 Å². The average Bonchev–Trinajstić information content (AvgIpc) is 3.09. The molecule has 2 aliphatic rings. The van der Waals surface area contributed by atoms with Crippen LogP contribution in [0.2, 0.25) is 0 Å². The van der Waals surface area contributed by atoms with Crippen molar-refractivity contribution in [2.24, 2.45) is 5.41 Å². The van der Waals surface area contributed by atoms with Crippen molar-refractivity contribution >= 4 is 21.8 Å². The standard InChI is InChI=1S/C22H24F3N3O4S/c23-22(24,25)32-19-8-6-18(7-9-19)28-15-12-21(20(28)29)10-13-27(14-11-21)33(30,31)26-16-17-4-2-1-3-5-17/h1-9,26H,10-16H2. The molecule has 33 heavy (non-hydrogen) atoms. The van der Waals surface area contributed by atoms with Crippen LogP contribution in [-0.2, 0) is 21.5 Å². The molecule has 0 atom stereocenters. The van der Waals surface area contributed by atoms with Gasteiger partial charge in [-0.15, -0.1) is 13.2 Å². The lowest BCUT2D eigenvalue weighted by atomic mass is 9.77. The Hall–Kier alpha value is -2.63. The molecule has 0 aliphatic carbocycles. The predicted molar refractivity (Wildman–Crippen MR) is 116 cm³/mol. The minimum absolute atomic E-state index is 0.124. The molecule has 0 aromatic heterocycles. The topological polar surface area (TPSA) is 79.0 Å². The number of benzene rings is 2. The van der Waals surface area contributed by atoms with Crippen molar-refractivity contribution in [2.45, 2.75) is 32.2 Å². The predicted octanol–water partition coefficient (Wildman–Crippen LogP) is 3.44. The molecule has 2 aromatic rings. The highest BCUT2D eigenvalue weighted by molar-refractivity contribution is 7.87. The third-order valence-electron chi connectivity index (χ3n) is 6.22. The zero-order chi connectivity index (χ0) is 23.7. The molecule has 2 saturated heterocycles. The minimum atomic E-state index is -4.78. The number of hydrogen-bond donors (Lipinski definition) is 1. The maximum Gasteiger partial charge on any atom is 0.573 e. The molecule has 4 rings (SSSR count). The molecule has 0 unspecified atom stereocenters. The Morgan fingerprint density at radius 2 is 1.55 bits per heavy atom. The van der Waals surface area contributed by atoms with Crippen LogP contribution in [0.1, 0.15) is 24.8 Å². The van der Waals surface area contributed by atoms with Crippen LogP contribution >= 0.6 is 0 Å². The number of piperidine rings is 1. The first-order valence-corrected chi connectivity index (χ1v) is 12.0. The van der Waals surface area contributed by atoms with Gasteiger partial charge in [0, 0.05) is 31.9 Å². The Balaban J connectivity index is 1.36. The van der Waals surface area contributed by atoms with E-state index in [-0.39, 0.29) is 31.3 Å². The molecule has 7 nitrogen and oxygen atoms in total. The van der Waals surface area contributed by atoms with Gasteiger partial charge >= 0.3 is 6.36 Å². The molecule has 2 heterocycles.